The van der Waals surface area contributed by atoms with Gasteiger partial charge in [-0.05, 0) is 132 Å². The molecule has 0 bridgehead atoms. The van der Waals surface area contributed by atoms with E-state index in [0.29, 0.717) is 0 Å². The van der Waals surface area contributed by atoms with Crippen LogP contribution in [0.3, 0.4) is 0 Å². The van der Waals surface area contributed by atoms with Crippen LogP contribution in [0.5, 0.6) is 0 Å². The van der Waals surface area contributed by atoms with Crippen LogP contribution in [-0.4, -0.2) is 15.4 Å². The van der Waals surface area contributed by atoms with Gasteiger partial charge in [0.1, 0.15) is 0 Å². The first-order chi connectivity index (χ1) is 32.6. The Balaban J connectivity index is 1.07. The first kappa shape index (κ1) is 39.9. The van der Waals surface area contributed by atoms with Crippen molar-refractivity contribution >= 4 is 110 Å². The molecule has 6 heteroatoms. The van der Waals surface area contributed by atoms with Crippen molar-refractivity contribution in [1.29, 1.82) is 0 Å². The van der Waals surface area contributed by atoms with E-state index in [2.05, 4.69) is 215 Å². The number of fused-ring (bicyclic) bond motifs is 16. The van der Waals surface area contributed by atoms with E-state index < -0.39 is 8.07 Å². The molecular weight excluding hydrogens is 864 g/mol. The molecule has 9 aromatic carbocycles. The highest BCUT2D eigenvalue weighted by molar-refractivity contribution is 8.05. The number of hydrogen-bond acceptors (Lipinski definition) is 4. The van der Waals surface area contributed by atoms with Crippen LogP contribution in [-0.2, 0) is 10.8 Å². The van der Waals surface area contributed by atoms with Crippen molar-refractivity contribution in [2.45, 2.75) is 77.9 Å². The van der Waals surface area contributed by atoms with Crippen molar-refractivity contribution in [3.63, 3.8) is 0 Å². The first-order valence-corrected chi connectivity index (χ1v) is 27.6. The van der Waals surface area contributed by atoms with Gasteiger partial charge in [0.05, 0.1) is 0 Å². The third-order valence-electron chi connectivity index (χ3n) is 16.1. The molecule has 0 atom stereocenters. The summed E-state index contributed by atoms with van der Waals surface area (Å²) < 4.78 is 0. The van der Waals surface area contributed by atoms with Crippen LogP contribution in [0, 0.1) is 6.92 Å². The Morgan fingerprint density at radius 2 is 1.10 bits per heavy atom. The molecule has 4 aliphatic heterocycles. The second-order valence-electron chi connectivity index (χ2n) is 20.8. The van der Waals surface area contributed by atoms with E-state index in [9.17, 15) is 0 Å². The summed E-state index contributed by atoms with van der Waals surface area (Å²) in [4.78, 5) is 8.06. The quantitative estimate of drug-likeness (QED) is 0.174. The van der Waals surface area contributed by atoms with Crippen LogP contribution in [0.4, 0.5) is 28.4 Å². The Morgan fingerprint density at radius 3 is 1.84 bits per heavy atom. The molecule has 322 valence electrons. The van der Waals surface area contributed by atoms with Crippen LogP contribution in [0.1, 0.15) is 57.2 Å². The van der Waals surface area contributed by atoms with E-state index in [-0.39, 0.29) is 10.8 Å². The lowest BCUT2D eigenvalue weighted by atomic mass is 9.57. The number of rotatable bonds is 2. The number of hydrogen-bond donors (Lipinski definition) is 1. The molecule has 2 nitrogen and oxygen atoms in total. The lowest BCUT2D eigenvalue weighted by molar-refractivity contribution is 0.332. The second kappa shape index (κ2) is 14.2. The number of nitrogens with one attached hydrogen (secondary N) is 1. The zero-order chi connectivity index (χ0) is 45.0. The molecule has 0 amide bonds. The molecular formula is C61H49BN2S2Si. The Bertz CT molecular complexity index is 3600. The summed E-state index contributed by atoms with van der Waals surface area (Å²) in [5.41, 5.74) is 18.9. The van der Waals surface area contributed by atoms with Crippen LogP contribution < -0.4 is 41.9 Å². The fourth-order valence-corrected chi connectivity index (χ4v) is 20.5. The Labute approximate surface area is 404 Å². The molecule has 5 aliphatic rings. The number of aryl methyl sites for hydroxylation is 1. The summed E-state index contributed by atoms with van der Waals surface area (Å²) in [6.45, 7) is 12.2. The first-order valence-electron chi connectivity index (χ1n) is 23.9. The molecule has 14 rings (SSSR count). The monoisotopic (exact) mass is 912 g/mol. The normalized spacial score (nSPS) is 16.8. The van der Waals surface area contributed by atoms with Crippen LogP contribution in [0.2, 0.25) is 0 Å². The minimum Gasteiger partial charge on any atom is -0.355 e. The summed E-state index contributed by atoms with van der Waals surface area (Å²) in [5.74, 6) is 0. The third-order valence-corrected chi connectivity index (χ3v) is 23.6. The molecule has 1 spiro atoms. The van der Waals surface area contributed by atoms with Gasteiger partial charge in [-0.25, -0.2) is 0 Å². The summed E-state index contributed by atoms with van der Waals surface area (Å²) in [5, 5.41) is 12.6. The van der Waals surface area contributed by atoms with Crippen molar-refractivity contribution in [3.8, 4) is 22.3 Å². The summed E-state index contributed by atoms with van der Waals surface area (Å²) in [6.07, 6.45) is 2.37. The van der Waals surface area contributed by atoms with Crippen molar-refractivity contribution in [3.05, 3.63) is 187 Å². The van der Waals surface area contributed by atoms with Gasteiger partial charge in [0.15, 0.2) is 15.4 Å². The lowest BCUT2D eigenvalue weighted by Gasteiger charge is -2.44. The van der Waals surface area contributed by atoms with E-state index in [4.69, 9.17) is 0 Å². The van der Waals surface area contributed by atoms with Gasteiger partial charge in [-0.1, -0.05) is 190 Å². The van der Waals surface area contributed by atoms with Crippen LogP contribution in [0.15, 0.2) is 189 Å². The Kier molecular flexibility index (Phi) is 8.45. The standard InChI is InChI=1S/C61H49BN2S2Si/c1-36-31-43-44(61(4,5)30-29-60(43,2)3)33-47(36)64-48-35-52-51(65-49-23-11-12-24-50(49)66-52)34-45(48)62-57-42(32-37-17-6-7-18-38(37)59(57)64)41-21-16-28-56-58(41)63-46-22-10-15-27-55(46)67(56)53-25-13-8-19-39(53)40-20-9-14-26-54(40)67/h6-28,31-35,62-63H,29-30H2,1-5H3. The highest BCUT2D eigenvalue weighted by atomic mass is 32.2. The van der Waals surface area contributed by atoms with Crippen LogP contribution in [0.25, 0.3) is 33.0 Å². The summed E-state index contributed by atoms with van der Waals surface area (Å²) in [7, 11) is -1.92. The summed E-state index contributed by atoms with van der Waals surface area (Å²) in [6, 6.07) is 65.8. The molecule has 67 heavy (non-hydrogen) atoms. The minimum atomic E-state index is -2.75. The van der Waals surface area contributed by atoms with E-state index in [1.165, 1.54) is 142 Å². The number of para-hydroxylation sites is 2. The molecule has 0 saturated heterocycles. The molecule has 4 heterocycles. The van der Waals surface area contributed by atoms with Gasteiger partial charge in [0, 0.05) is 59.0 Å². The zero-order valence-electron chi connectivity index (χ0n) is 38.6. The lowest BCUT2D eigenvalue weighted by Crippen LogP contribution is -2.74. The van der Waals surface area contributed by atoms with Gasteiger partial charge >= 0.3 is 0 Å². The van der Waals surface area contributed by atoms with E-state index in [1.807, 2.05) is 23.5 Å². The minimum absolute atomic E-state index is 0.0626. The average Bonchev–Trinajstić information content (AvgIpc) is 3.63. The van der Waals surface area contributed by atoms with Gasteiger partial charge in [-0.2, -0.15) is 0 Å². The third kappa shape index (κ3) is 5.55. The molecule has 1 N–H and O–H groups in total. The van der Waals surface area contributed by atoms with Gasteiger partial charge < -0.3 is 10.2 Å². The van der Waals surface area contributed by atoms with Gasteiger partial charge in [-0.3, -0.25) is 0 Å². The fourth-order valence-electron chi connectivity index (χ4n) is 12.8. The van der Waals surface area contributed by atoms with E-state index in [1.54, 1.807) is 0 Å². The molecule has 0 radical (unpaired) electrons. The largest absolute Gasteiger partial charge is 0.355 e. The maximum atomic E-state index is 4.16. The average molecular weight is 913 g/mol. The van der Waals surface area contributed by atoms with Gasteiger partial charge in [0.25, 0.3) is 0 Å². The van der Waals surface area contributed by atoms with Crippen LogP contribution >= 0.6 is 23.5 Å². The maximum absolute atomic E-state index is 4.16. The smallest absolute Gasteiger partial charge is 0.198 e. The highest BCUT2D eigenvalue weighted by Gasteiger charge is 2.53. The molecule has 0 fully saturated rings. The molecule has 9 aromatic rings. The molecule has 0 unspecified atom stereocenters. The van der Waals surface area contributed by atoms with E-state index in [0.717, 1.165) is 7.28 Å². The zero-order valence-corrected chi connectivity index (χ0v) is 41.2. The predicted octanol–water partition coefficient (Wildman–Crippen LogP) is 12.4. The second-order valence-corrected chi connectivity index (χ2v) is 26.6. The molecule has 0 aromatic heterocycles. The number of anilines is 5. The van der Waals surface area contributed by atoms with Gasteiger partial charge in [0.2, 0.25) is 0 Å². The summed E-state index contributed by atoms with van der Waals surface area (Å²) >= 11 is 3.85. The Morgan fingerprint density at radius 1 is 0.522 bits per heavy atom. The SMILES string of the molecule is Cc1cc2c(cc1N1c3cc4c(cc3Bc3c(-c5cccc6c5Nc5ccccc5[Si]65c6ccccc6-c6ccccc65)cc5ccccc5c31)Sc1ccccc1S4)C(C)(C)CCC2(C)C. The van der Waals surface area contributed by atoms with Crippen molar-refractivity contribution in [2.24, 2.45) is 0 Å². The number of benzene rings is 9. The Hall–Kier alpha value is -6.18. The maximum Gasteiger partial charge on any atom is 0.198 e. The fraction of sp³-hybridized carbons (Fsp3) is 0.148. The van der Waals surface area contributed by atoms with E-state index >= 15 is 0 Å². The topological polar surface area (TPSA) is 15.3 Å². The van der Waals surface area contributed by atoms with Gasteiger partial charge in [-0.15, -0.1) is 0 Å². The van der Waals surface area contributed by atoms with Crippen molar-refractivity contribution in [2.75, 3.05) is 10.2 Å². The predicted molar refractivity (Wildman–Crippen MR) is 291 cm³/mol. The van der Waals surface area contributed by atoms with Crippen molar-refractivity contribution in [1.82, 2.24) is 0 Å². The van der Waals surface area contributed by atoms with Crippen molar-refractivity contribution < 1.29 is 0 Å². The highest BCUT2D eigenvalue weighted by Crippen LogP contribution is 2.54. The molecule has 1 aliphatic carbocycles. The molecule has 0 saturated carbocycles. The number of nitrogens with zero attached hydrogens (tertiary/aromatic N) is 1.